The zero-order valence-electron chi connectivity index (χ0n) is 9.03. The van der Waals surface area contributed by atoms with Crippen molar-refractivity contribution >= 4 is 23.6 Å². The highest BCUT2D eigenvalue weighted by atomic mass is 35.5. The number of rotatable bonds is 6. The Labute approximate surface area is 103 Å². The van der Waals surface area contributed by atoms with E-state index in [9.17, 15) is 9.18 Å². The highest BCUT2D eigenvalue weighted by molar-refractivity contribution is 6.32. The lowest BCUT2D eigenvalue weighted by atomic mass is 10.2. The molecule has 0 saturated heterocycles. The maximum absolute atomic E-state index is 11.9. The fraction of sp³-hybridized carbons (Fsp3) is 0.250. The summed E-state index contributed by atoms with van der Waals surface area (Å²) in [5, 5.41) is 8.83. The topological polar surface area (TPSA) is 46.5 Å². The Morgan fingerprint density at radius 3 is 2.88 bits per heavy atom. The molecule has 0 radical (unpaired) electrons. The van der Waals surface area contributed by atoms with Crippen LogP contribution in [0.5, 0.6) is 5.75 Å². The predicted molar refractivity (Wildman–Crippen MR) is 64.2 cm³/mol. The van der Waals surface area contributed by atoms with Gasteiger partial charge in [-0.15, -0.1) is 0 Å². The standard InChI is InChI=1S/C12H12ClFO3/c13-10-8-9(3-5-12(15)16)2-4-11(10)17-7-1-6-14/h2-5,8H,1,6-7H2,(H,15,16)/b5-3+. The molecule has 0 atom stereocenters. The monoisotopic (exact) mass is 258 g/mol. The van der Waals surface area contributed by atoms with Gasteiger partial charge >= 0.3 is 5.97 Å². The molecule has 5 heteroatoms. The van der Waals surface area contributed by atoms with Gasteiger partial charge in [-0.25, -0.2) is 4.79 Å². The molecule has 1 N–H and O–H groups in total. The van der Waals surface area contributed by atoms with Gasteiger partial charge in [0.05, 0.1) is 18.3 Å². The van der Waals surface area contributed by atoms with Crippen LogP contribution in [0, 0.1) is 0 Å². The van der Waals surface area contributed by atoms with Gasteiger partial charge in [0.2, 0.25) is 0 Å². The molecule has 0 aliphatic heterocycles. The summed E-state index contributed by atoms with van der Waals surface area (Å²) in [7, 11) is 0. The molecule has 1 aromatic carbocycles. The van der Waals surface area contributed by atoms with Gasteiger partial charge in [-0.1, -0.05) is 17.7 Å². The summed E-state index contributed by atoms with van der Waals surface area (Å²) in [4.78, 5) is 10.3. The molecular weight excluding hydrogens is 247 g/mol. The predicted octanol–water partition coefficient (Wildman–Crippen LogP) is 3.18. The maximum Gasteiger partial charge on any atom is 0.328 e. The Bertz CT molecular complexity index is 418. The van der Waals surface area contributed by atoms with Crippen LogP contribution in [0.3, 0.4) is 0 Å². The van der Waals surface area contributed by atoms with E-state index in [-0.39, 0.29) is 6.61 Å². The quantitative estimate of drug-likeness (QED) is 0.630. The third kappa shape index (κ3) is 4.87. The minimum absolute atomic E-state index is 0.264. The first-order valence-electron chi connectivity index (χ1n) is 5.03. The van der Waals surface area contributed by atoms with Crippen molar-refractivity contribution in [2.75, 3.05) is 13.3 Å². The molecular formula is C12H12ClFO3. The van der Waals surface area contributed by atoms with Crippen molar-refractivity contribution < 1.29 is 19.0 Å². The first-order chi connectivity index (χ1) is 8.13. The number of carboxylic acid groups (broad SMARTS) is 1. The van der Waals surface area contributed by atoms with Gasteiger partial charge in [-0.3, -0.25) is 4.39 Å². The van der Waals surface area contributed by atoms with Crippen molar-refractivity contribution in [3.05, 3.63) is 34.9 Å². The summed E-state index contributed by atoms with van der Waals surface area (Å²) in [6, 6.07) is 4.89. The van der Waals surface area contributed by atoms with Crippen LogP contribution >= 0.6 is 11.6 Å². The van der Waals surface area contributed by atoms with E-state index >= 15 is 0 Å². The molecule has 0 aromatic heterocycles. The summed E-state index contributed by atoms with van der Waals surface area (Å²) in [6.07, 6.45) is 2.77. The molecule has 0 saturated carbocycles. The fourth-order valence-electron chi connectivity index (χ4n) is 1.14. The summed E-state index contributed by atoms with van der Waals surface area (Å²) in [5.74, 6) is -0.558. The molecule has 0 heterocycles. The molecule has 0 unspecified atom stereocenters. The largest absolute Gasteiger partial charge is 0.492 e. The van der Waals surface area contributed by atoms with Crippen molar-refractivity contribution in [1.29, 1.82) is 0 Å². The molecule has 1 rings (SSSR count). The molecule has 0 amide bonds. The number of carboxylic acids is 1. The van der Waals surface area contributed by atoms with Crippen LogP contribution in [0.1, 0.15) is 12.0 Å². The van der Waals surface area contributed by atoms with E-state index in [1.807, 2.05) is 0 Å². The third-order valence-corrected chi connectivity index (χ3v) is 2.21. The lowest BCUT2D eigenvalue weighted by molar-refractivity contribution is -0.131. The van der Waals surface area contributed by atoms with Gasteiger partial charge in [0.1, 0.15) is 5.75 Å². The minimum Gasteiger partial charge on any atom is -0.492 e. The first kappa shape index (κ1) is 13.5. The normalized spacial score (nSPS) is 10.7. The Morgan fingerprint density at radius 1 is 1.53 bits per heavy atom. The summed E-state index contributed by atoms with van der Waals surface area (Å²) >= 11 is 5.92. The molecule has 0 aliphatic rings. The number of alkyl halides is 1. The molecule has 3 nitrogen and oxygen atoms in total. The van der Waals surface area contributed by atoms with Crippen molar-refractivity contribution in [3.63, 3.8) is 0 Å². The number of benzene rings is 1. The van der Waals surface area contributed by atoms with Crippen LogP contribution in [0.2, 0.25) is 5.02 Å². The smallest absolute Gasteiger partial charge is 0.328 e. The highest BCUT2D eigenvalue weighted by Gasteiger charge is 2.02. The van der Waals surface area contributed by atoms with E-state index in [2.05, 4.69) is 0 Å². The zero-order chi connectivity index (χ0) is 12.7. The molecule has 92 valence electrons. The van der Waals surface area contributed by atoms with E-state index in [1.54, 1.807) is 18.2 Å². The number of carbonyl (C=O) groups is 1. The van der Waals surface area contributed by atoms with E-state index in [0.29, 0.717) is 22.8 Å². The number of ether oxygens (including phenoxy) is 1. The van der Waals surface area contributed by atoms with E-state index in [1.165, 1.54) is 6.08 Å². The second-order valence-corrected chi connectivity index (χ2v) is 3.66. The van der Waals surface area contributed by atoms with Crippen molar-refractivity contribution in [2.45, 2.75) is 6.42 Å². The molecule has 0 spiro atoms. The van der Waals surface area contributed by atoms with Crippen LogP contribution in [0.15, 0.2) is 24.3 Å². The summed E-state index contributed by atoms with van der Waals surface area (Å²) in [5.41, 5.74) is 0.662. The van der Waals surface area contributed by atoms with Crippen molar-refractivity contribution in [1.82, 2.24) is 0 Å². The molecule has 1 aromatic rings. The van der Waals surface area contributed by atoms with Crippen LogP contribution < -0.4 is 4.74 Å². The number of hydrogen-bond donors (Lipinski definition) is 1. The number of halogens is 2. The van der Waals surface area contributed by atoms with Gasteiger partial charge in [-0.2, -0.15) is 0 Å². The van der Waals surface area contributed by atoms with Gasteiger partial charge in [0.25, 0.3) is 0 Å². The molecule has 0 bridgehead atoms. The van der Waals surface area contributed by atoms with Crippen LogP contribution in [0.25, 0.3) is 6.08 Å². The van der Waals surface area contributed by atoms with Crippen LogP contribution in [0.4, 0.5) is 4.39 Å². The summed E-state index contributed by atoms with van der Waals surface area (Å²) in [6.45, 7) is -0.169. The molecule has 17 heavy (non-hydrogen) atoms. The second-order valence-electron chi connectivity index (χ2n) is 3.25. The van der Waals surface area contributed by atoms with Crippen molar-refractivity contribution in [3.8, 4) is 5.75 Å². The van der Waals surface area contributed by atoms with Gasteiger partial charge in [0, 0.05) is 12.5 Å². The second kappa shape index (κ2) is 6.91. The van der Waals surface area contributed by atoms with Gasteiger partial charge in [-0.05, 0) is 23.8 Å². The fourth-order valence-corrected chi connectivity index (χ4v) is 1.39. The number of aliphatic carboxylic acids is 1. The molecule has 0 aliphatic carbocycles. The van der Waals surface area contributed by atoms with E-state index in [4.69, 9.17) is 21.4 Å². The Kier molecular flexibility index (Phi) is 5.49. The Morgan fingerprint density at radius 2 is 2.29 bits per heavy atom. The minimum atomic E-state index is -1.02. The average molecular weight is 259 g/mol. The summed E-state index contributed by atoms with van der Waals surface area (Å²) < 4.78 is 17.1. The van der Waals surface area contributed by atoms with E-state index in [0.717, 1.165) is 6.08 Å². The zero-order valence-corrected chi connectivity index (χ0v) is 9.78. The lowest BCUT2D eigenvalue weighted by Crippen LogP contribution is -1.98. The maximum atomic E-state index is 11.9. The van der Waals surface area contributed by atoms with Crippen molar-refractivity contribution in [2.24, 2.45) is 0 Å². The Hall–Kier alpha value is -1.55. The number of hydrogen-bond acceptors (Lipinski definition) is 2. The SMILES string of the molecule is O=C(O)/C=C/c1ccc(OCCCF)c(Cl)c1. The molecule has 0 fully saturated rings. The van der Waals surface area contributed by atoms with Gasteiger partial charge < -0.3 is 9.84 Å². The van der Waals surface area contributed by atoms with Gasteiger partial charge in [0.15, 0.2) is 0 Å². The average Bonchev–Trinajstić information content (AvgIpc) is 2.29. The highest BCUT2D eigenvalue weighted by Crippen LogP contribution is 2.26. The first-order valence-corrected chi connectivity index (χ1v) is 5.40. The Balaban J connectivity index is 2.69. The third-order valence-electron chi connectivity index (χ3n) is 1.91. The van der Waals surface area contributed by atoms with Crippen LogP contribution in [-0.2, 0) is 4.79 Å². The van der Waals surface area contributed by atoms with Crippen LogP contribution in [-0.4, -0.2) is 24.4 Å². The lowest BCUT2D eigenvalue weighted by Gasteiger charge is -2.07. The van der Waals surface area contributed by atoms with E-state index < -0.39 is 12.6 Å².